The summed E-state index contributed by atoms with van der Waals surface area (Å²) in [5, 5.41) is 14.4. The van der Waals surface area contributed by atoms with Gasteiger partial charge in [-0.2, -0.15) is 13.2 Å². The number of nitrogens with one attached hydrogen (secondary N) is 2. The first-order chi connectivity index (χ1) is 18.1. The Balaban J connectivity index is 2.22. The van der Waals surface area contributed by atoms with Gasteiger partial charge < -0.3 is 15.7 Å². The van der Waals surface area contributed by atoms with E-state index in [0.29, 0.717) is 23.1 Å². The van der Waals surface area contributed by atoms with Crippen molar-refractivity contribution in [1.29, 1.82) is 0 Å². The van der Waals surface area contributed by atoms with Crippen LogP contribution in [-0.2, 0) is 15.8 Å². The van der Waals surface area contributed by atoms with E-state index in [4.69, 9.17) is 0 Å². The molecular formula is C29H33F5N2O3. The van der Waals surface area contributed by atoms with Gasteiger partial charge >= 0.3 is 12.1 Å². The summed E-state index contributed by atoms with van der Waals surface area (Å²) >= 11 is 0. The monoisotopic (exact) mass is 552 g/mol. The maximum atomic E-state index is 16.1. The first-order valence-corrected chi connectivity index (χ1v) is 12.7. The summed E-state index contributed by atoms with van der Waals surface area (Å²) in [4.78, 5) is 24.7. The van der Waals surface area contributed by atoms with Crippen LogP contribution in [0.1, 0.15) is 79.3 Å². The second-order valence-corrected chi connectivity index (χ2v) is 10.5. The van der Waals surface area contributed by atoms with Gasteiger partial charge in [-0.3, -0.25) is 9.59 Å². The fourth-order valence-electron chi connectivity index (χ4n) is 4.96. The summed E-state index contributed by atoms with van der Waals surface area (Å²) < 4.78 is 73.7. The SMILES string of the molecule is C=CNC(CC(C)C)C(=O)N[C@@H](CC(=O)O)c1c(F)c(-c2c(C)cc(C3CC3)cc2C)cc(C(F)(F)F)c1F. The number of carbonyl (C=O) groups excluding carboxylic acids is 1. The van der Waals surface area contributed by atoms with E-state index >= 15 is 8.78 Å². The molecule has 0 aliphatic heterocycles. The van der Waals surface area contributed by atoms with Crippen LogP contribution in [-0.4, -0.2) is 23.0 Å². The third-order valence-electron chi connectivity index (χ3n) is 6.80. The molecule has 0 radical (unpaired) electrons. The maximum absolute atomic E-state index is 16.1. The van der Waals surface area contributed by atoms with E-state index in [-0.39, 0.29) is 17.9 Å². The van der Waals surface area contributed by atoms with E-state index in [1.54, 1.807) is 26.0 Å². The Bertz CT molecular complexity index is 1250. The molecular weight excluding hydrogens is 519 g/mol. The van der Waals surface area contributed by atoms with Crippen LogP contribution >= 0.6 is 0 Å². The highest BCUT2D eigenvalue weighted by Gasteiger charge is 2.40. The number of aryl methyl sites for hydroxylation is 2. The lowest BCUT2D eigenvalue weighted by Gasteiger charge is -2.26. The lowest BCUT2D eigenvalue weighted by atomic mass is 9.87. The van der Waals surface area contributed by atoms with Gasteiger partial charge in [-0.1, -0.05) is 32.6 Å². The molecule has 39 heavy (non-hydrogen) atoms. The number of alkyl halides is 3. The molecule has 0 saturated heterocycles. The number of aliphatic carboxylic acids is 1. The van der Waals surface area contributed by atoms with Crippen LogP contribution < -0.4 is 10.6 Å². The zero-order valence-electron chi connectivity index (χ0n) is 22.3. The van der Waals surface area contributed by atoms with Crippen molar-refractivity contribution in [3.8, 4) is 11.1 Å². The average Bonchev–Trinajstić information content (AvgIpc) is 3.63. The summed E-state index contributed by atoms with van der Waals surface area (Å²) in [6.07, 6.45) is -2.79. The van der Waals surface area contributed by atoms with Gasteiger partial charge in [-0.15, -0.1) is 0 Å². The van der Waals surface area contributed by atoms with Crippen LogP contribution in [0.15, 0.2) is 31.0 Å². The number of carboxylic acids is 1. The van der Waals surface area contributed by atoms with Crippen LogP contribution in [0.3, 0.4) is 0 Å². The van der Waals surface area contributed by atoms with Gasteiger partial charge in [0.05, 0.1) is 18.0 Å². The highest BCUT2D eigenvalue weighted by atomic mass is 19.4. The Labute approximate surface area is 224 Å². The summed E-state index contributed by atoms with van der Waals surface area (Å²) in [6, 6.07) is 1.12. The molecule has 2 aromatic rings. The second-order valence-electron chi connectivity index (χ2n) is 10.5. The highest BCUT2D eigenvalue weighted by molar-refractivity contribution is 5.83. The fourth-order valence-corrected chi connectivity index (χ4v) is 4.96. The summed E-state index contributed by atoms with van der Waals surface area (Å²) in [7, 11) is 0. The summed E-state index contributed by atoms with van der Waals surface area (Å²) in [6.45, 7) is 10.4. The number of hydrogen-bond acceptors (Lipinski definition) is 3. The van der Waals surface area contributed by atoms with Gasteiger partial charge in [0.15, 0.2) is 0 Å². The van der Waals surface area contributed by atoms with Gasteiger partial charge in [0.25, 0.3) is 0 Å². The van der Waals surface area contributed by atoms with Crippen LogP contribution in [0.25, 0.3) is 11.1 Å². The van der Waals surface area contributed by atoms with Crippen molar-refractivity contribution in [3.05, 3.63) is 70.4 Å². The van der Waals surface area contributed by atoms with E-state index in [9.17, 15) is 27.9 Å². The predicted molar refractivity (Wildman–Crippen MR) is 138 cm³/mol. The summed E-state index contributed by atoms with van der Waals surface area (Å²) in [5.74, 6) is -5.37. The second kappa shape index (κ2) is 11.8. The number of hydrogen-bond donors (Lipinski definition) is 3. The Hall–Kier alpha value is -3.43. The molecule has 1 fully saturated rings. The van der Waals surface area contributed by atoms with Gasteiger partial charge in [0.2, 0.25) is 5.91 Å². The van der Waals surface area contributed by atoms with E-state index in [0.717, 1.165) is 18.4 Å². The lowest BCUT2D eigenvalue weighted by Crippen LogP contribution is -2.45. The zero-order valence-corrected chi connectivity index (χ0v) is 22.3. The molecule has 1 unspecified atom stereocenters. The zero-order chi connectivity index (χ0) is 29.2. The molecule has 1 aliphatic carbocycles. The smallest absolute Gasteiger partial charge is 0.419 e. The van der Waals surface area contributed by atoms with Crippen molar-refractivity contribution in [2.45, 2.75) is 77.6 Å². The maximum Gasteiger partial charge on any atom is 0.419 e. The summed E-state index contributed by atoms with van der Waals surface area (Å²) in [5.41, 5.74) is -1.23. The molecule has 1 saturated carbocycles. The third kappa shape index (κ3) is 6.96. The molecule has 2 atom stereocenters. The number of rotatable bonds is 11. The molecule has 10 heteroatoms. The number of carboxylic acid groups (broad SMARTS) is 1. The third-order valence-corrected chi connectivity index (χ3v) is 6.80. The fraction of sp³-hybridized carbons (Fsp3) is 0.448. The molecule has 3 rings (SSSR count). The van der Waals surface area contributed by atoms with Gasteiger partial charge in [-0.05, 0) is 79.5 Å². The van der Waals surface area contributed by atoms with Gasteiger partial charge in [0, 0.05) is 11.1 Å². The minimum atomic E-state index is -5.21. The molecule has 0 spiro atoms. The van der Waals surface area contributed by atoms with Crippen LogP contribution in [0.4, 0.5) is 22.0 Å². The Morgan fingerprint density at radius 3 is 2.15 bits per heavy atom. The number of amides is 1. The molecule has 1 amide bonds. The van der Waals surface area contributed by atoms with E-state index in [1.165, 1.54) is 6.20 Å². The minimum absolute atomic E-state index is 0.00989. The van der Waals surface area contributed by atoms with Crippen molar-refractivity contribution >= 4 is 11.9 Å². The normalized spacial score (nSPS) is 15.1. The molecule has 0 heterocycles. The van der Waals surface area contributed by atoms with Crippen molar-refractivity contribution in [3.63, 3.8) is 0 Å². The van der Waals surface area contributed by atoms with Gasteiger partial charge in [0.1, 0.15) is 17.7 Å². The molecule has 0 aromatic heterocycles. The molecule has 1 aliphatic rings. The largest absolute Gasteiger partial charge is 0.481 e. The quantitative estimate of drug-likeness (QED) is 0.264. The van der Waals surface area contributed by atoms with E-state index in [1.807, 2.05) is 13.8 Å². The molecule has 2 aromatic carbocycles. The van der Waals surface area contributed by atoms with Crippen molar-refractivity contribution < 1.29 is 36.6 Å². The average molecular weight is 553 g/mol. The van der Waals surface area contributed by atoms with Crippen LogP contribution in [0.2, 0.25) is 0 Å². The van der Waals surface area contributed by atoms with E-state index in [2.05, 4.69) is 17.2 Å². The first-order valence-electron chi connectivity index (χ1n) is 12.7. The number of benzene rings is 2. The molecule has 5 nitrogen and oxygen atoms in total. The number of halogens is 5. The first kappa shape index (κ1) is 30.1. The standard InChI is InChI=1S/C29H33F5N2O3/c1-6-35-22(9-14(2)3)28(39)36-21(13-23(37)38)25-26(30)19(12-20(27(25)31)29(32,33)34)24-15(4)10-18(11-16(24)5)17-7-8-17/h6,10-12,14,17,21-22,35H,1,7-9,13H2,2-5H3,(H,36,39)(H,37,38)/t21-,22?/m0/s1. The minimum Gasteiger partial charge on any atom is -0.481 e. The Kier molecular flexibility index (Phi) is 9.08. The van der Waals surface area contributed by atoms with E-state index < -0.39 is 64.9 Å². The topological polar surface area (TPSA) is 78.4 Å². The lowest BCUT2D eigenvalue weighted by molar-refractivity contribution is -0.140. The molecule has 0 bridgehead atoms. The Morgan fingerprint density at radius 2 is 1.69 bits per heavy atom. The van der Waals surface area contributed by atoms with Crippen molar-refractivity contribution in [2.75, 3.05) is 0 Å². The van der Waals surface area contributed by atoms with Crippen molar-refractivity contribution in [1.82, 2.24) is 10.6 Å². The van der Waals surface area contributed by atoms with Crippen molar-refractivity contribution in [2.24, 2.45) is 5.92 Å². The highest BCUT2D eigenvalue weighted by Crippen LogP contribution is 2.45. The van der Waals surface area contributed by atoms with Crippen LogP contribution in [0.5, 0.6) is 0 Å². The molecule has 3 N–H and O–H groups in total. The number of carbonyl (C=O) groups is 2. The molecule has 212 valence electrons. The van der Waals surface area contributed by atoms with Crippen LogP contribution in [0, 0.1) is 31.4 Å². The Morgan fingerprint density at radius 1 is 1.10 bits per heavy atom. The predicted octanol–water partition coefficient (Wildman–Crippen LogP) is 6.92. The van der Waals surface area contributed by atoms with Gasteiger partial charge in [-0.25, -0.2) is 8.78 Å².